The van der Waals surface area contributed by atoms with E-state index in [2.05, 4.69) is 0 Å². The summed E-state index contributed by atoms with van der Waals surface area (Å²) in [6.45, 7) is 8.05. The molecule has 140 valence electrons. The Labute approximate surface area is 163 Å². The summed E-state index contributed by atoms with van der Waals surface area (Å²) in [6.07, 6.45) is 0. The molecule has 27 heavy (non-hydrogen) atoms. The van der Waals surface area contributed by atoms with Crippen molar-refractivity contribution in [3.8, 4) is 11.1 Å². The molecular formula is C22H23O3PS. The van der Waals surface area contributed by atoms with Gasteiger partial charge in [-0.15, -0.1) is 0 Å². The summed E-state index contributed by atoms with van der Waals surface area (Å²) < 4.78 is 34.1. The minimum Gasteiger partial charge on any atom is -0.604 e. The number of rotatable bonds is 3. The highest BCUT2D eigenvalue weighted by molar-refractivity contribution is 7.95. The molecule has 0 amide bonds. The Balaban J connectivity index is 2.14. The van der Waals surface area contributed by atoms with Gasteiger partial charge in [0.05, 0.1) is 16.5 Å². The van der Waals surface area contributed by atoms with E-state index in [1.807, 2.05) is 82.3 Å². The molecule has 0 fully saturated rings. The van der Waals surface area contributed by atoms with Crippen LogP contribution >= 0.6 is 7.14 Å². The average Bonchev–Trinajstić information content (AvgIpc) is 3.08. The summed E-state index contributed by atoms with van der Waals surface area (Å²) in [5, 5.41) is 1.73. The van der Waals surface area contributed by atoms with Crippen LogP contribution in [0.5, 0.6) is 0 Å². The molecule has 0 N–H and O–H groups in total. The monoisotopic (exact) mass is 398 g/mol. The lowest BCUT2D eigenvalue weighted by Crippen LogP contribution is -2.34. The number of furan rings is 1. The second-order valence-corrected chi connectivity index (χ2v) is 12.1. The molecule has 1 aromatic heterocycles. The van der Waals surface area contributed by atoms with Crippen molar-refractivity contribution in [1.82, 2.24) is 0 Å². The Morgan fingerprint density at radius 3 is 2.22 bits per heavy atom. The van der Waals surface area contributed by atoms with E-state index in [4.69, 9.17) is 4.42 Å². The first-order chi connectivity index (χ1) is 12.9. The molecule has 0 saturated heterocycles. The number of hydrogen-bond acceptors (Lipinski definition) is 3. The van der Waals surface area contributed by atoms with Gasteiger partial charge in [-0.05, 0) is 17.7 Å². The summed E-state index contributed by atoms with van der Waals surface area (Å²) in [6, 6.07) is 17.3. The fourth-order valence-corrected chi connectivity index (χ4v) is 9.11. The van der Waals surface area contributed by atoms with E-state index in [9.17, 15) is 9.12 Å². The molecule has 4 rings (SSSR count). The Kier molecular flexibility index (Phi) is 4.62. The molecule has 1 aliphatic heterocycles. The zero-order chi connectivity index (χ0) is 19.3. The van der Waals surface area contributed by atoms with Crippen molar-refractivity contribution in [2.75, 3.05) is 0 Å². The summed E-state index contributed by atoms with van der Waals surface area (Å²) in [4.78, 5) is 0.616. The molecular weight excluding hydrogens is 375 g/mol. The Bertz CT molecular complexity index is 1040. The molecule has 0 radical (unpaired) electrons. The maximum Gasteiger partial charge on any atom is 0.329 e. The second-order valence-electron chi connectivity index (χ2n) is 7.49. The highest BCUT2D eigenvalue weighted by atomic mass is 32.2. The molecule has 0 aliphatic carbocycles. The van der Waals surface area contributed by atoms with Gasteiger partial charge in [-0.1, -0.05) is 70.2 Å². The Morgan fingerprint density at radius 2 is 1.59 bits per heavy atom. The molecule has 3 aromatic rings. The van der Waals surface area contributed by atoms with Gasteiger partial charge in [-0.25, -0.2) is 0 Å². The van der Waals surface area contributed by atoms with Crippen LogP contribution in [0.25, 0.3) is 11.1 Å². The van der Waals surface area contributed by atoms with E-state index >= 15 is 0 Å². The molecule has 0 spiro atoms. The highest BCUT2D eigenvalue weighted by Crippen LogP contribution is 2.58. The maximum absolute atomic E-state index is 14.6. The number of hydrogen-bond donors (Lipinski definition) is 0. The van der Waals surface area contributed by atoms with Gasteiger partial charge in [0, 0.05) is 17.1 Å². The smallest absolute Gasteiger partial charge is 0.329 e. The van der Waals surface area contributed by atoms with Crippen LogP contribution in [0.1, 0.15) is 39.4 Å². The lowest BCUT2D eigenvalue weighted by Gasteiger charge is -2.29. The summed E-state index contributed by atoms with van der Waals surface area (Å²) in [7, 11) is -3.01. The van der Waals surface area contributed by atoms with Crippen LogP contribution < -0.4 is 10.6 Å². The van der Waals surface area contributed by atoms with Gasteiger partial charge in [0.15, 0.2) is 12.0 Å². The first-order valence-electron chi connectivity index (χ1n) is 9.21. The summed E-state index contributed by atoms with van der Waals surface area (Å²) >= 11 is -1.47. The number of fused-ring (bicyclic) bond motifs is 2. The normalized spacial score (nSPS) is 21.4. The first-order valence-corrected chi connectivity index (χ1v) is 12.1. The predicted octanol–water partition coefficient (Wildman–Crippen LogP) is 5.27. The van der Waals surface area contributed by atoms with Crippen LogP contribution in [-0.2, 0) is 15.7 Å². The van der Waals surface area contributed by atoms with Crippen molar-refractivity contribution in [2.45, 2.75) is 49.3 Å². The predicted molar refractivity (Wildman–Crippen MR) is 111 cm³/mol. The minimum absolute atomic E-state index is 0.0894. The van der Waals surface area contributed by atoms with Crippen molar-refractivity contribution < 1.29 is 13.5 Å². The third-order valence-electron chi connectivity index (χ3n) is 5.12. The average molecular weight is 398 g/mol. The maximum atomic E-state index is 14.6. The molecule has 1 aliphatic rings. The SMILES string of the molecule is CC(C)c1oc2c(c1-c1ccccc1)P(=O)(C(C)C)c1ccccc1[S+]2[O-]. The van der Waals surface area contributed by atoms with Crippen molar-refractivity contribution in [3.05, 3.63) is 60.4 Å². The van der Waals surface area contributed by atoms with Gasteiger partial charge in [0.2, 0.25) is 0 Å². The highest BCUT2D eigenvalue weighted by Gasteiger charge is 2.51. The molecule has 2 atom stereocenters. The molecule has 2 aromatic carbocycles. The number of benzene rings is 2. The van der Waals surface area contributed by atoms with Gasteiger partial charge in [0.25, 0.3) is 0 Å². The summed E-state index contributed by atoms with van der Waals surface area (Å²) in [5.41, 5.74) is 1.71. The van der Waals surface area contributed by atoms with Crippen molar-refractivity contribution in [1.29, 1.82) is 0 Å². The Hall–Kier alpha value is -1.74. The van der Waals surface area contributed by atoms with Crippen molar-refractivity contribution in [3.63, 3.8) is 0 Å². The van der Waals surface area contributed by atoms with Crippen molar-refractivity contribution >= 4 is 28.9 Å². The van der Waals surface area contributed by atoms with Gasteiger partial charge < -0.3 is 13.5 Å². The largest absolute Gasteiger partial charge is 0.604 e. The third kappa shape index (κ3) is 2.66. The van der Waals surface area contributed by atoms with Crippen LogP contribution in [0.15, 0.2) is 69.0 Å². The quantitative estimate of drug-likeness (QED) is 0.446. The molecule has 2 unspecified atom stereocenters. The fourth-order valence-electron chi connectivity index (χ4n) is 3.78. The topological polar surface area (TPSA) is 53.3 Å². The third-order valence-corrected chi connectivity index (χ3v) is 10.5. The van der Waals surface area contributed by atoms with E-state index in [0.29, 0.717) is 20.6 Å². The van der Waals surface area contributed by atoms with E-state index in [-0.39, 0.29) is 11.6 Å². The molecule has 5 heteroatoms. The fraction of sp³-hybridized carbons (Fsp3) is 0.273. The van der Waals surface area contributed by atoms with Gasteiger partial charge in [0.1, 0.15) is 11.1 Å². The zero-order valence-electron chi connectivity index (χ0n) is 15.9. The Morgan fingerprint density at radius 1 is 0.963 bits per heavy atom. The molecule has 0 saturated carbocycles. The summed E-state index contributed by atoms with van der Waals surface area (Å²) in [5.74, 6) is 0.847. The van der Waals surface area contributed by atoms with Crippen LogP contribution in [0.2, 0.25) is 0 Å². The van der Waals surface area contributed by atoms with Crippen LogP contribution in [0, 0.1) is 0 Å². The van der Waals surface area contributed by atoms with Gasteiger partial charge >= 0.3 is 5.09 Å². The molecule has 3 nitrogen and oxygen atoms in total. The zero-order valence-corrected chi connectivity index (χ0v) is 17.6. The minimum atomic E-state index is -3.01. The van der Waals surface area contributed by atoms with E-state index in [0.717, 1.165) is 16.9 Å². The van der Waals surface area contributed by atoms with Crippen LogP contribution in [-0.4, -0.2) is 10.2 Å². The van der Waals surface area contributed by atoms with E-state index in [1.165, 1.54) is 0 Å². The van der Waals surface area contributed by atoms with E-state index < -0.39 is 18.3 Å². The van der Waals surface area contributed by atoms with Crippen molar-refractivity contribution in [2.24, 2.45) is 0 Å². The van der Waals surface area contributed by atoms with E-state index in [1.54, 1.807) is 0 Å². The molecule has 2 heterocycles. The lowest BCUT2D eigenvalue weighted by molar-refractivity contribution is 0.404. The molecule has 0 bridgehead atoms. The first kappa shape index (κ1) is 18.6. The van der Waals surface area contributed by atoms with Crippen LogP contribution in [0.4, 0.5) is 0 Å². The van der Waals surface area contributed by atoms with Gasteiger partial charge in [-0.3, -0.25) is 0 Å². The second kappa shape index (κ2) is 6.70. The van der Waals surface area contributed by atoms with Crippen LogP contribution in [0.3, 0.4) is 0 Å². The van der Waals surface area contributed by atoms with Gasteiger partial charge in [-0.2, -0.15) is 0 Å². The standard InChI is InChI=1S/C22H23O3PS/c1-14(2)20-19(16-10-6-5-7-11-16)21-22(25-20)27(24)18-13-9-8-12-17(18)26(21,23)15(3)4/h5-15H,1-4H3. The lowest BCUT2D eigenvalue weighted by atomic mass is 10.0.